The number of carbonyl (C=O) groups excluding carboxylic acids is 1. The Bertz CT molecular complexity index is 980. The van der Waals surface area contributed by atoms with Gasteiger partial charge < -0.3 is 19.9 Å². The van der Waals surface area contributed by atoms with Crippen LogP contribution < -0.4 is 15.2 Å². The molecule has 0 spiro atoms. The number of carbonyl (C=O) groups is 1. The quantitative estimate of drug-likeness (QED) is 0.440. The van der Waals surface area contributed by atoms with Gasteiger partial charge >= 0.3 is 6.09 Å². The molecule has 0 aromatic heterocycles. The summed E-state index contributed by atoms with van der Waals surface area (Å²) in [6.45, 7) is 0. The Morgan fingerprint density at radius 2 is 1.69 bits per heavy atom. The molecular weight excluding hydrogens is 404 g/mol. The van der Waals surface area contributed by atoms with E-state index in [9.17, 15) is 13.6 Å². The van der Waals surface area contributed by atoms with Crippen LogP contribution in [0.5, 0.6) is 11.5 Å². The van der Waals surface area contributed by atoms with E-state index in [1.807, 2.05) is 0 Å². The fourth-order valence-corrected chi connectivity index (χ4v) is 2.81. The van der Waals surface area contributed by atoms with Crippen molar-refractivity contribution in [3.05, 3.63) is 47.5 Å². The average Bonchev–Trinajstić information content (AvgIpc) is 2.72. The van der Waals surface area contributed by atoms with Gasteiger partial charge in [-0.25, -0.2) is 18.6 Å². The Balaban J connectivity index is 2.76. The molecule has 2 N–H and O–H groups in total. The maximum Gasteiger partial charge on any atom is 0.434 e. The molecule has 29 heavy (non-hydrogen) atoms. The Hall–Kier alpha value is -3.14. The zero-order valence-electron chi connectivity index (χ0n) is 16.2. The topological polar surface area (TPSA) is 95.5 Å². The first kappa shape index (κ1) is 22.2. The number of halogens is 2. The number of thioether (sulfide) groups is 1. The predicted octanol–water partition coefficient (Wildman–Crippen LogP) is 4.21. The minimum atomic E-state index is -0.897. The van der Waals surface area contributed by atoms with E-state index < -0.39 is 17.7 Å². The van der Waals surface area contributed by atoms with Crippen molar-refractivity contribution in [3.63, 3.8) is 0 Å². The van der Waals surface area contributed by atoms with Crippen molar-refractivity contribution in [2.24, 2.45) is 9.98 Å². The summed E-state index contributed by atoms with van der Waals surface area (Å²) in [7, 11) is 3.92. The Labute approximate surface area is 170 Å². The summed E-state index contributed by atoms with van der Waals surface area (Å²) in [5, 5.41) is 0.0557. The van der Waals surface area contributed by atoms with Crippen molar-refractivity contribution >= 4 is 40.0 Å². The maximum atomic E-state index is 14.9. The number of methoxy groups -OCH3 is 3. The molecule has 0 aliphatic heterocycles. The lowest BCUT2D eigenvalue weighted by atomic mass is 10.1. The van der Waals surface area contributed by atoms with Gasteiger partial charge in [0.2, 0.25) is 0 Å². The van der Waals surface area contributed by atoms with Crippen LogP contribution in [0.1, 0.15) is 5.56 Å². The van der Waals surface area contributed by atoms with Gasteiger partial charge in [0.1, 0.15) is 22.4 Å². The summed E-state index contributed by atoms with van der Waals surface area (Å²) in [5.74, 6) is -0.987. The first-order chi connectivity index (χ1) is 13.8. The molecule has 0 radical (unpaired) electrons. The molecule has 0 fully saturated rings. The van der Waals surface area contributed by atoms with E-state index >= 15 is 0 Å². The summed E-state index contributed by atoms with van der Waals surface area (Å²) in [4.78, 5) is 19.8. The third-order valence-corrected chi connectivity index (χ3v) is 4.39. The third-order valence-electron chi connectivity index (χ3n) is 3.72. The molecule has 0 aliphatic carbocycles. The number of nitrogens with two attached hydrogens (primary N) is 1. The molecule has 0 saturated heterocycles. The molecule has 0 atom stereocenters. The highest BCUT2D eigenvalue weighted by Gasteiger charge is 2.21. The molecule has 0 saturated carbocycles. The van der Waals surface area contributed by atoms with E-state index in [0.717, 1.165) is 31.0 Å². The van der Waals surface area contributed by atoms with E-state index in [1.54, 1.807) is 6.26 Å². The van der Waals surface area contributed by atoms with Crippen molar-refractivity contribution in [2.45, 2.75) is 0 Å². The minimum Gasteiger partial charge on any atom is -0.493 e. The van der Waals surface area contributed by atoms with Crippen LogP contribution in [0.3, 0.4) is 0 Å². The lowest BCUT2D eigenvalue weighted by Crippen LogP contribution is -2.16. The molecule has 0 aliphatic rings. The second-order valence-corrected chi connectivity index (χ2v) is 6.24. The van der Waals surface area contributed by atoms with Crippen LogP contribution in [-0.2, 0) is 4.74 Å². The molecule has 2 aromatic rings. The molecule has 2 rings (SSSR count). The van der Waals surface area contributed by atoms with Crippen molar-refractivity contribution in [3.8, 4) is 11.5 Å². The van der Waals surface area contributed by atoms with Gasteiger partial charge in [0.25, 0.3) is 0 Å². The van der Waals surface area contributed by atoms with Crippen molar-refractivity contribution < 1.29 is 27.8 Å². The molecule has 1 amide bonds. The maximum absolute atomic E-state index is 14.9. The predicted molar refractivity (Wildman–Crippen MR) is 110 cm³/mol. The highest BCUT2D eigenvalue weighted by Crippen LogP contribution is 2.32. The van der Waals surface area contributed by atoms with E-state index in [2.05, 4.69) is 14.7 Å². The second-order valence-electron chi connectivity index (χ2n) is 5.44. The number of hydrogen-bond acceptors (Lipinski definition) is 7. The highest BCUT2D eigenvalue weighted by atomic mass is 32.2. The van der Waals surface area contributed by atoms with Gasteiger partial charge in [0.05, 0.1) is 32.7 Å². The molecule has 7 nitrogen and oxygen atoms in total. The number of benzene rings is 2. The number of ether oxygens (including phenoxy) is 3. The summed E-state index contributed by atoms with van der Waals surface area (Å²) in [5.41, 5.74) is 5.52. The number of aliphatic imine (C=N–C) groups is 2. The van der Waals surface area contributed by atoms with Crippen molar-refractivity contribution in [2.75, 3.05) is 33.3 Å². The fourth-order valence-electron chi connectivity index (χ4n) is 2.30. The standard InChI is InChI=1S/C19H19F2N3O4S/c1-26-15-8-11(12(20)9-16(15)27-2)17(18(29-4)24-19(25)28-3)23-10-5-6-14(22)13(21)7-10/h5-9H,22H2,1-4H3. The van der Waals surface area contributed by atoms with E-state index in [0.29, 0.717) is 0 Å². The molecule has 2 aromatic carbocycles. The molecule has 0 heterocycles. The molecule has 0 unspecified atom stereocenters. The Morgan fingerprint density at radius 1 is 1.03 bits per heavy atom. The average molecular weight is 423 g/mol. The largest absolute Gasteiger partial charge is 0.493 e. The lowest BCUT2D eigenvalue weighted by Gasteiger charge is -2.13. The lowest BCUT2D eigenvalue weighted by molar-refractivity contribution is 0.183. The normalized spacial score (nSPS) is 11.9. The number of hydrogen-bond donors (Lipinski definition) is 1. The monoisotopic (exact) mass is 423 g/mol. The smallest absolute Gasteiger partial charge is 0.434 e. The fraction of sp³-hybridized carbons (Fsp3) is 0.211. The Kier molecular flexibility index (Phi) is 7.54. The van der Waals surface area contributed by atoms with Gasteiger partial charge in [-0.15, -0.1) is 11.8 Å². The van der Waals surface area contributed by atoms with Gasteiger partial charge in [-0.1, -0.05) is 0 Å². The number of rotatable bonds is 5. The van der Waals surface area contributed by atoms with Gasteiger partial charge in [0, 0.05) is 17.7 Å². The van der Waals surface area contributed by atoms with Crippen LogP contribution in [0.15, 0.2) is 40.3 Å². The number of nitrogens with zero attached hydrogens (tertiary/aromatic N) is 2. The van der Waals surface area contributed by atoms with Gasteiger partial charge in [-0.3, -0.25) is 0 Å². The van der Waals surface area contributed by atoms with Gasteiger partial charge in [-0.2, -0.15) is 4.99 Å². The van der Waals surface area contributed by atoms with E-state index in [-0.39, 0.29) is 39.2 Å². The van der Waals surface area contributed by atoms with Crippen LogP contribution in [0.2, 0.25) is 0 Å². The van der Waals surface area contributed by atoms with E-state index in [1.165, 1.54) is 32.4 Å². The zero-order chi connectivity index (χ0) is 21.6. The van der Waals surface area contributed by atoms with Crippen LogP contribution in [0.4, 0.5) is 25.0 Å². The summed E-state index contributed by atoms with van der Waals surface area (Å²) in [6, 6.07) is 6.33. The number of anilines is 1. The SMILES string of the molecule is COC(=O)N=C(SC)C(=Nc1ccc(N)c(F)c1)c1cc(OC)c(OC)cc1F. The van der Waals surface area contributed by atoms with Crippen molar-refractivity contribution in [1.82, 2.24) is 0 Å². The Morgan fingerprint density at radius 3 is 2.24 bits per heavy atom. The highest BCUT2D eigenvalue weighted by molar-refractivity contribution is 8.15. The third kappa shape index (κ3) is 5.23. The first-order valence-corrected chi connectivity index (χ1v) is 9.33. The van der Waals surface area contributed by atoms with Crippen LogP contribution in [0.25, 0.3) is 0 Å². The van der Waals surface area contributed by atoms with Crippen LogP contribution >= 0.6 is 11.8 Å². The molecule has 154 valence electrons. The van der Waals surface area contributed by atoms with Crippen LogP contribution in [-0.4, -0.2) is 44.4 Å². The summed E-state index contributed by atoms with van der Waals surface area (Å²) >= 11 is 1.04. The second kappa shape index (κ2) is 9.87. The van der Waals surface area contributed by atoms with Crippen molar-refractivity contribution in [1.29, 1.82) is 0 Å². The minimum absolute atomic E-state index is 0.0227. The van der Waals surface area contributed by atoms with Gasteiger partial charge in [0.15, 0.2) is 11.5 Å². The summed E-state index contributed by atoms with van der Waals surface area (Å²) < 4.78 is 43.6. The first-order valence-electron chi connectivity index (χ1n) is 8.11. The molecular formula is C19H19F2N3O4S. The van der Waals surface area contributed by atoms with Crippen LogP contribution in [0, 0.1) is 11.6 Å². The number of amides is 1. The molecule has 0 bridgehead atoms. The molecule has 10 heteroatoms. The number of nitrogen functional groups attached to an aromatic ring is 1. The van der Waals surface area contributed by atoms with E-state index in [4.69, 9.17) is 15.2 Å². The van der Waals surface area contributed by atoms with Gasteiger partial charge in [-0.05, 0) is 24.5 Å². The zero-order valence-corrected chi connectivity index (χ0v) is 17.0. The summed E-state index contributed by atoms with van der Waals surface area (Å²) in [6.07, 6.45) is 0.728.